The van der Waals surface area contributed by atoms with Gasteiger partial charge in [-0.2, -0.15) is 0 Å². The van der Waals surface area contributed by atoms with Crippen molar-refractivity contribution in [3.63, 3.8) is 0 Å². The third-order valence-electron chi connectivity index (χ3n) is 5.91. The van der Waals surface area contributed by atoms with Crippen LogP contribution in [-0.2, 0) is 17.8 Å². The molecule has 1 fully saturated rings. The van der Waals surface area contributed by atoms with Crippen LogP contribution in [0.2, 0.25) is 15.1 Å². The first-order chi connectivity index (χ1) is 16.4. The van der Waals surface area contributed by atoms with Crippen molar-refractivity contribution < 1.29 is 9.59 Å². The van der Waals surface area contributed by atoms with Crippen molar-refractivity contribution in [3.8, 4) is 0 Å². The van der Waals surface area contributed by atoms with E-state index in [0.717, 1.165) is 11.3 Å². The lowest BCUT2D eigenvalue weighted by Gasteiger charge is -2.36. The number of amides is 2. The molecule has 1 aliphatic rings. The number of hydrogen-bond acceptors (Lipinski definition) is 3. The summed E-state index contributed by atoms with van der Waals surface area (Å²) < 4.78 is 0. The molecule has 1 saturated heterocycles. The minimum Gasteiger partial charge on any atom is -0.368 e. The molecule has 0 spiro atoms. The number of nitrogens with zero attached hydrogens (tertiary/aromatic N) is 2. The van der Waals surface area contributed by atoms with Crippen molar-refractivity contribution in [2.75, 3.05) is 31.1 Å². The lowest BCUT2D eigenvalue weighted by Crippen LogP contribution is -2.49. The second-order valence-electron chi connectivity index (χ2n) is 8.07. The number of rotatable bonds is 6. The highest BCUT2D eigenvalue weighted by atomic mass is 35.5. The fraction of sp³-hybridized carbons (Fsp3) is 0.231. The van der Waals surface area contributed by atoms with Gasteiger partial charge >= 0.3 is 0 Å². The molecule has 0 saturated carbocycles. The SMILES string of the molecule is O=C(NCc1ccccc1Cl)c1ccc(N2CCN(C(=O)Cc3c(Cl)cccc3Cl)CC2)cc1. The average molecular weight is 517 g/mol. The molecule has 8 heteroatoms. The maximum absolute atomic E-state index is 12.8. The molecule has 176 valence electrons. The molecule has 1 aliphatic heterocycles. The maximum Gasteiger partial charge on any atom is 0.251 e. The number of halogens is 3. The topological polar surface area (TPSA) is 52.7 Å². The Bertz CT molecular complexity index is 1160. The Labute approximate surface area is 214 Å². The van der Waals surface area contributed by atoms with Crippen molar-refractivity contribution in [1.29, 1.82) is 0 Å². The van der Waals surface area contributed by atoms with Gasteiger partial charge in [-0.1, -0.05) is 59.1 Å². The largest absolute Gasteiger partial charge is 0.368 e. The van der Waals surface area contributed by atoms with E-state index in [1.54, 1.807) is 24.3 Å². The summed E-state index contributed by atoms with van der Waals surface area (Å²) in [5.41, 5.74) is 3.14. The summed E-state index contributed by atoms with van der Waals surface area (Å²) in [7, 11) is 0. The third kappa shape index (κ3) is 5.84. The highest BCUT2D eigenvalue weighted by Gasteiger charge is 2.23. The Hall–Kier alpha value is -2.73. The van der Waals surface area contributed by atoms with E-state index in [0.29, 0.717) is 58.9 Å². The summed E-state index contributed by atoms with van der Waals surface area (Å²) in [5, 5.41) is 4.55. The Kier molecular flexibility index (Phi) is 7.99. The van der Waals surface area contributed by atoms with Crippen LogP contribution in [0.15, 0.2) is 66.7 Å². The van der Waals surface area contributed by atoms with Crippen LogP contribution in [0, 0.1) is 0 Å². The van der Waals surface area contributed by atoms with Crippen LogP contribution < -0.4 is 10.2 Å². The van der Waals surface area contributed by atoms with E-state index >= 15 is 0 Å². The number of carbonyl (C=O) groups is 2. The molecule has 0 radical (unpaired) electrons. The number of carbonyl (C=O) groups excluding carboxylic acids is 2. The molecular formula is C26H24Cl3N3O2. The van der Waals surface area contributed by atoms with E-state index < -0.39 is 0 Å². The molecule has 34 heavy (non-hydrogen) atoms. The second-order valence-corrected chi connectivity index (χ2v) is 9.29. The van der Waals surface area contributed by atoms with Crippen molar-refractivity contribution in [2.45, 2.75) is 13.0 Å². The van der Waals surface area contributed by atoms with Gasteiger partial charge in [-0.15, -0.1) is 0 Å². The fourth-order valence-electron chi connectivity index (χ4n) is 3.92. The van der Waals surface area contributed by atoms with Gasteiger partial charge in [0, 0.05) is 59.0 Å². The summed E-state index contributed by atoms with van der Waals surface area (Å²) >= 11 is 18.6. The summed E-state index contributed by atoms with van der Waals surface area (Å²) in [4.78, 5) is 29.3. The monoisotopic (exact) mass is 515 g/mol. The normalized spacial score (nSPS) is 13.6. The molecule has 0 bridgehead atoms. The molecule has 1 heterocycles. The Morgan fingerprint density at radius 2 is 1.38 bits per heavy atom. The molecule has 0 unspecified atom stereocenters. The van der Waals surface area contributed by atoms with Gasteiger partial charge in [0.05, 0.1) is 6.42 Å². The highest BCUT2D eigenvalue weighted by molar-refractivity contribution is 6.36. The van der Waals surface area contributed by atoms with Crippen molar-refractivity contribution in [1.82, 2.24) is 10.2 Å². The van der Waals surface area contributed by atoms with Crippen LogP contribution in [0.5, 0.6) is 0 Å². The van der Waals surface area contributed by atoms with E-state index in [-0.39, 0.29) is 18.2 Å². The van der Waals surface area contributed by atoms with Crippen LogP contribution >= 0.6 is 34.8 Å². The van der Waals surface area contributed by atoms with Gasteiger partial charge in [-0.25, -0.2) is 0 Å². The van der Waals surface area contributed by atoms with Gasteiger partial charge in [0.1, 0.15) is 0 Å². The molecule has 3 aromatic carbocycles. The summed E-state index contributed by atoms with van der Waals surface area (Å²) in [6.45, 7) is 3.01. The summed E-state index contributed by atoms with van der Waals surface area (Å²) in [6.07, 6.45) is 0.191. The molecule has 4 rings (SSSR count). The van der Waals surface area contributed by atoms with E-state index in [1.807, 2.05) is 47.4 Å². The Morgan fingerprint density at radius 3 is 2.03 bits per heavy atom. The molecule has 0 aromatic heterocycles. The highest BCUT2D eigenvalue weighted by Crippen LogP contribution is 2.26. The molecule has 2 amide bonds. The molecule has 0 atom stereocenters. The molecule has 0 aliphatic carbocycles. The second kappa shape index (κ2) is 11.1. The molecule has 1 N–H and O–H groups in total. The number of hydrogen-bond donors (Lipinski definition) is 1. The zero-order valence-electron chi connectivity index (χ0n) is 18.4. The standard InChI is InChI=1S/C26H24Cl3N3O2/c27-22-5-2-1-4-19(22)17-30-26(34)18-8-10-20(11-9-18)31-12-14-32(15-13-31)25(33)16-21-23(28)6-3-7-24(21)29/h1-11H,12-17H2,(H,30,34). The van der Waals surface area contributed by atoms with Crippen LogP contribution in [0.25, 0.3) is 0 Å². The van der Waals surface area contributed by atoms with Gasteiger partial charge in [0.15, 0.2) is 0 Å². The van der Waals surface area contributed by atoms with Crippen molar-refractivity contribution >= 4 is 52.3 Å². The lowest BCUT2D eigenvalue weighted by atomic mass is 10.1. The molecular weight excluding hydrogens is 493 g/mol. The number of piperazine rings is 1. The van der Waals surface area contributed by atoms with E-state index in [4.69, 9.17) is 34.8 Å². The smallest absolute Gasteiger partial charge is 0.251 e. The van der Waals surface area contributed by atoms with Gasteiger partial charge in [-0.05, 0) is 53.6 Å². The van der Waals surface area contributed by atoms with Crippen LogP contribution in [-0.4, -0.2) is 42.9 Å². The zero-order valence-corrected chi connectivity index (χ0v) is 20.7. The van der Waals surface area contributed by atoms with Gasteiger partial charge in [0.25, 0.3) is 5.91 Å². The van der Waals surface area contributed by atoms with Crippen molar-refractivity contribution in [2.24, 2.45) is 0 Å². The zero-order chi connectivity index (χ0) is 24.1. The van der Waals surface area contributed by atoms with E-state index in [1.165, 1.54) is 0 Å². The number of nitrogens with one attached hydrogen (secondary N) is 1. The number of anilines is 1. The first-order valence-corrected chi connectivity index (χ1v) is 12.1. The predicted octanol–water partition coefficient (Wildman–Crippen LogP) is 5.47. The fourth-order valence-corrected chi connectivity index (χ4v) is 4.65. The molecule has 5 nitrogen and oxygen atoms in total. The van der Waals surface area contributed by atoms with Gasteiger partial charge < -0.3 is 15.1 Å². The van der Waals surface area contributed by atoms with Gasteiger partial charge in [0.2, 0.25) is 5.91 Å². The average Bonchev–Trinajstić information content (AvgIpc) is 2.86. The first-order valence-electron chi connectivity index (χ1n) is 11.0. The van der Waals surface area contributed by atoms with Crippen molar-refractivity contribution in [3.05, 3.63) is 98.5 Å². The minimum atomic E-state index is -0.153. The number of benzene rings is 3. The lowest BCUT2D eigenvalue weighted by molar-refractivity contribution is -0.130. The minimum absolute atomic E-state index is 0.0141. The Morgan fingerprint density at radius 1 is 0.765 bits per heavy atom. The van der Waals surface area contributed by atoms with Crippen LogP contribution in [0.3, 0.4) is 0 Å². The maximum atomic E-state index is 12.8. The van der Waals surface area contributed by atoms with E-state index in [2.05, 4.69) is 10.2 Å². The Balaban J connectivity index is 1.29. The third-order valence-corrected chi connectivity index (χ3v) is 6.99. The van der Waals surface area contributed by atoms with Crippen LogP contribution in [0.4, 0.5) is 5.69 Å². The van der Waals surface area contributed by atoms with Gasteiger partial charge in [-0.3, -0.25) is 9.59 Å². The summed E-state index contributed by atoms with van der Waals surface area (Å²) in [6, 6.07) is 20.2. The predicted molar refractivity (Wildman–Crippen MR) is 138 cm³/mol. The molecule has 3 aromatic rings. The first kappa shape index (κ1) is 24.4. The van der Waals surface area contributed by atoms with E-state index in [9.17, 15) is 9.59 Å². The van der Waals surface area contributed by atoms with Crippen LogP contribution in [0.1, 0.15) is 21.5 Å². The summed E-state index contributed by atoms with van der Waals surface area (Å²) in [5.74, 6) is -0.139. The quantitative estimate of drug-likeness (QED) is 0.473.